The average molecular weight is 263 g/mol. The summed E-state index contributed by atoms with van der Waals surface area (Å²) in [4.78, 5) is 10.0. The smallest absolute Gasteiger partial charge is 0.115 e. The predicted octanol–water partition coefficient (Wildman–Crippen LogP) is 2.81. The first-order valence-electron chi connectivity index (χ1n) is 5.61. The lowest BCUT2D eigenvalue weighted by Crippen LogP contribution is -2.12. The van der Waals surface area contributed by atoms with E-state index in [0.717, 1.165) is 16.9 Å². The number of halogens is 1. The van der Waals surface area contributed by atoms with Crippen molar-refractivity contribution in [2.45, 2.75) is 6.54 Å². The van der Waals surface area contributed by atoms with E-state index in [4.69, 9.17) is 11.6 Å². The van der Waals surface area contributed by atoms with Crippen LogP contribution in [0.5, 0.6) is 0 Å². The number of rotatable bonds is 4. The summed E-state index contributed by atoms with van der Waals surface area (Å²) >= 11 is 6.02. The van der Waals surface area contributed by atoms with Gasteiger partial charge in [-0.15, -0.1) is 0 Å². The van der Waals surface area contributed by atoms with Crippen molar-refractivity contribution in [3.8, 4) is 0 Å². The van der Waals surface area contributed by atoms with E-state index in [-0.39, 0.29) is 0 Å². The summed E-state index contributed by atoms with van der Waals surface area (Å²) in [5.74, 6) is 0. The second-order valence-electron chi connectivity index (χ2n) is 4.16. The lowest BCUT2D eigenvalue weighted by Gasteiger charge is -2.18. The molecule has 18 heavy (non-hydrogen) atoms. The van der Waals surface area contributed by atoms with Gasteiger partial charge in [-0.1, -0.05) is 11.6 Å². The summed E-state index contributed by atoms with van der Waals surface area (Å²) in [7, 11) is 4.00. The molecule has 0 amide bonds. The Hall–Kier alpha value is -1.81. The summed E-state index contributed by atoms with van der Waals surface area (Å²) in [6.07, 6.45) is 5.11. The molecule has 1 aromatic heterocycles. The molecule has 4 nitrogen and oxygen atoms in total. The van der Waals surface area contributed by atoms with Crippen LogP contribution in [0.25, 0.3) is 0 Å². The molecule has 0 saturated heterocycles. The third kappa shape index (κ3) is 3.11. The van der Waals surface area contributed by atoms with Crippen molar-refractivity contribution in [2.24, 2.45) is 0 Å². The Morgan fingerprint density at radius 2 is 1.94 bits per heavy atom. The second-order valence-corrected chi connectivity index (χ2v) is 4.59. The number of nitrogens with one attached hydrogen (secondary N) is 1. The van der Waals surface area contributed by atoms with Gasteiger partial charge in [0.15, 0.2) is 0 Å². The van der Waals surface area contributed by atoms with Crippen LogP contribution in [0, 0.1) is 0 Å². The fraction of sp³-hybridized carbons (Fsp3) is 0.231. The number of nitrogens with zero attached hydrogens (tertiary/aromatic N) is 3. The Morgan fingerprint density at radius 1 is 1.22 bits per heavy atom. The zero-order valence-electron chi connectivity index (χ0n) is 10.4. The first-order chi connectivity index (χ1) is 8.66. The van der Waals surface area contributed by atoms with Crippen molar-refractivity contribution in [1.82, 2.24) is 9.97 Å². The summed E-state index contributed by atoms with van der Waals surface area (Å²) < 4.78 is 0. The normalized spacial score (nSPS) is 10.2. The molecule has 0 aliphatic heterocycles. The molecule has 1 heterocycles. The molecular weight excluding hydrogens is 248 g/mol. The van der Waals surface area contributed by atoms with Crippen LogP contribution in [0.1, 0.15) is 5.56 Å². The lowest BCUT2D eigenvalue weighted by molar-refractivity contribution is 1.04. The molecule has 1 aromatic carbocycles. The molecule has 2 aromatic rings. The van der Waals surface area contributed by atoms with Gasteiger partial charge in [0.25, 0.3) is 0 Å². The summed E-state index contributed by atoms with van der Waals surface area (Å²) in [5, 5.41) is 4.06. The molecule has 94 valence electrons. The van der Waals surface area contributed by atoms with E-state index in [1.54, 1.807) is 12.4 Å². The highest BCUT2D eigenvalue weighted by atomic mass is 35.5. The van der Waals surface area contributed by atoms with Gasteiger partial charge >= 0.3 is 0 Å². The summed E-state index contributed by atoms with van der Waals surface area (Å²) in [6, 6.07) is 5.79. The zero-order chi connectivity index (χ0) is 13.0. The van der Waals surface area contributed by atoms with E-state index in [2.05, 4.69) is 15.3 Å². The maximum atomic E-state index is 6.02. The molecule has 0 aliphatic carbocycles. The third-order valence-electron chi connectivity index (χ3n) is 2.54. The van der Waals surface area contributed by atoms with Gasteiger partial charge in [-0.05, 0) is 18.2 Å². The van der Waals surface area contributed by atoms with Gasteiger partial charge in [-0.25, -0.2) is 9.97 Å². The van der Waals surface area contributed by atoms with Crippen molar-refractivity contribution in [1.29, 1.82) is 0 Å². The lowest BCUT2D eigenvalue weighted by atomic mass is 10.2. The highest BCUT2D eigenvalue weighted by molar-refractivity contribution is 6.31. The van der Waals surface area contributed by atoms with Crippen LogP contribution < -0.4 is 10.2 Å². The minimum Gasteiger partial charge on any atom is -0.379 e. The minimum atomic E-state index is 0.669. The average Bonchev–Trinajstić information content (AvgIpc) is 2.37. The molecule has 1 N–H and O–H groups in total. The maximum absolute atomic E-state index is 6.02. The highest BCUT2D eigenvalue weighted by Crippen LogP contribution is 2.28. The van der Waals surface area contributed by atoms with Crippen LogP contribution >= 0.6 is 11.6 Å². The van der Waals surface area contributed by atoms with E-state index in [1.807, 2.05) is 37.2 Å². The van der Waals surface area contributed by atoms with Gasteiger partial charge in [-0.3, -0.25) is 0 Å². The first kappa shape index (κ1) is 12.6. The molecule has 5 heteroatoms. The monoisotopic (exact) mass is 262 g/mol. The Morgan fingerprint density at radius 3 is 2.61 bits per heavy atom. The Kier molecular flexibility index (Phi) is 3.99. The van der Waals surface area contributed by atoms with Gasteiger partial charge in [0.05, 0.1) is 11.4 Å². The zero-order valence-corrected chi connectivity index (χ0v) is 11.1. The summed E-state index contributed by atoms with van der Waals surface area (Å²) in [6.45, 7) is 0.669. The van der Waals surface area contributed by atoms with Crippen molar-refractivity contribution in [2.75, 3.05) is 24.3 Å². The van der Waals surface area contributed by atoms with Crippen molar-refractivity contribution < 1.29 is 0 Å². The molecule has 0 atom stereocenters. The second kappa shape index (κ2) is 5.69. The minimum absolute atomic E-state index is 0.669. The largest absolute Gasteiger partial charge is 0.379 e. The Labute approximate surface area is 112 Å². The van der Waals surface area contributed by atoms with Crippen LogP contribution in [0.15, 0.2) is 36.9 Å². The van der Waals surface area contributed by atoms with Crippen LogP contribution in [0.3, 0.4) is 0 Å². The van der Waals surface area contributed by atoms with E-state index in [1.165, 1.54) is 6.33 Å². The molecule has 2 rings (SSSR count). The fourth-order valence-electron chi connectivity index (χ4n) is 1.66. The third-order valence-corrected chi connectivity index (χ3v) is 2.77. The summed E-state index contributed by atoms with van der Waals surface area (Å²) in [5.41, 5.74) is 3.12. The SMILES string of the molecule is CN(C)c1ccc(Cl)cc1NCc1cncnc1. The first-order valence-corrected chi connectivity index (χ1v) is 5.99. The van der Waals surface area contributed by atoms with E-state index in [0.29, 0.717) is 11.6 Å². The van der Waals surface area contributed by atoms with E-state index >= 15 is 0 Å². The van der Waals surface area contributed by atoms with Gasteiger partial charge in [0, 0.05) is 43.6 Å². The molecule has 0 spiro atoms. The quantitative estimate of drug-likeness (QED) is 0.920. The van der Waals surface area contributed by atoms with Gasteiger partial charge in [-0.2, -0.15) is 0 Å². The predicted molar refractivity (Wildman–Crippen MR) is 75.1 cm³/mol. The highest BCUT2D eigenvalue weighted by Gasteiger charge is 2.05. The number of hydrogen-bond acceptors (Lipinski definition) is 4. The van der Waals surface area contributed by atoms with Gasteiger partial charge in [0.2, 0.25) is 0 Å². The van der Waals surface area contributed by atoms with Crippen LogP contribution in [-0.4, -0.2) is 24.1 Å². The fourth-order valence-corrected chi connectivity index (χ4v) is 1.83. The maximum Gasteiger partial charge on any atom is 0.115 e. The van der Waals surface area contributed by atoms with Crippen molar-refractivity contribution in [3.05, 3.63) is 47.5 Å². The number of anilines is 2. The molecule has 0 saturated carbocycles. The van der Waals surface area contributed by atoms with Crippen molar-refractivity contribution in [3.63, 3.8) is 0 Å². The number of benzene rings is 1. The number of aromatic nitrogens is 2. The molecule has 0 aliphatic rings. The Bertz CT molecular complexity index is 514. The van der Waals surface area contributed by atoms with Crippen LogP contribution in [0.4, 0.5) is 11.4 Å². The molecule has 0 unspecified atom stereocenters. The molecular formula is C13H15ClN4. The standard InChI is InChI=1S/C13H15ClN4/c1-18(2)13-4-3-11(14)5-12(13)17-8-10-6-15-9-16-7-10/h3-7,9,17H,8H2,1-2H3. The van der Waals surface area contributed by atoms with E-state index in [9.17, 15) is 0 Å². The Balaban J connectivity index is 2.15. The topological polar surface area (TPSA) is 41.0 Å². The molecule has 0 fully saturated rings. The number of hydrogen-bond donors (Lipinski definition) is 1. The van der Waals surface area contributed by atoms with Gasteiger partial charge < -0.3 is 10.2 Å². The molecule has 0 radical (unpaired) electrons. The van der Waals surface area contributed by atoms with Crippen molar-refractivity contribution >= 4 is 23.0 Å². The van der Waals surface area contributed by atoms with Crippen LogP contribution in [-0.2, 0) is 6.54 Å². The van der Waals surface area contributed by atoms with Crippen LogP contribution in [0.2, 0.25) is 5.02 Å². The van der Waals surface area contributed by atoms with E-state index < -0.39 is 0 Å². The van der Waals surface area contributed by atoms with Gasteiger partial charge in [0.1, 0.15) is 6.33 Å². The molecule has 0 bridgehead atoms.